The normalized spacial score (nSPS) is 23.1. The first-order valence-corrected chi connectivity index (χ1v) is 9.28. The van der Waals surface area contributed by atoms with Crippen molar-refractivity contribution < 1.29 is 12.8 Å². The summed E-state index contributed by atoms with van der Waals surface area (Å²) in [5, 5.41) is 0.255. The van der Waals surface area contributed by atoms with Gasteiger partial charge in [0, 0.05) is 17.8 Å². The van der Waals surface area contributed by atoms with Gasteiger partial charge in [0.25, 0.3) is 0 Å². The number of halogens is 1. The van der Waals surface area contributed by atoms with E-state index in [2.05, 4.69) is 4.72 Å². The molecule has 0 radical (unpaired) electrons. The maximum absolute atomic E-state index is 13.8. The Hall–Kier alpha value is -0.630. The second kappa shape index (κ2) is 6.43. The Morgan fingerprint density at radius 2 is 2.20 bits per heavy atom. The van der Waals surface area contributed by atoms with Gasteiger partial charge < -0.3 is 5.73 Å². The lowest BCUT2D eigenvalue weighted by atomic mass is 10.2. The van der Waals surface area contributed by atoms with Gasteiger partial charge in [0.1, 0.15) is 10.7 Å². The van der Waals surface area contributed by atoms with E-state index in [9.17, 15) is 12.8 Å². The predicted molar refractivity (Wildman–Crippen MR) is 79.6 cm³/mol. The molecular formula is C13H19FN2O2S2. The maximum Gasteiger partial charge on any atom is 0.243 e. The number of rotatable bonds is 5. The Balaban J connectivity index is 2.26. The molecule has 20 heavy (non-hydrogen) atoms. The van der Waals surface area contributed by atoms with Crippen LogP contribution in [0, 0.1) is 5.82 Å². The van der Waals surface area contributed by atoms with E-state index in [0.717, 1.165) is 25.3 Å². The summed E-state index contributed by atoms with van der Waals surface area (Å²) >= 11 is 1.65. The minimum absolute atomic E-state index is 0.129. The minimum Gasteiger partial charge on any atom is -0.326 e. The molecule has 1 aromatic rings. The van der Waals surface area contributed by atoms with Gasteiger partial charge in [0.2, 0.25) is 10.0 Å². The molecule has 0 amide bonds. The number of benzene rings is 1. The van der Waals surface area contributed by atoms with E-state index >= 15 is 0 Å². The summed E-state index contributed by atoms with van der Waals surface area (Å²) in [4.78, 5) is -0.313. The van der Waals surface area contributed by atoms with Crippen LogP contribution in [-0.4, -0.2) is 26.0 Å². The molecule has 0 bridgehead atoms. The fourth-order valence-corrected chi connectivity index (χ4v) is 4.95. The van der Waals surface area contributed by atoms with Crippen molar-refractivity contribution >= 4 is 21.8 Å². The summed E-state index contributed by atoms with van der Waals surface area (Å²) in [5.74, 6) is -0.742. The largest absolute Gasteiger partial charge is 0.326 e. The lowest BCUT2D eigenvalue weighted by Gasteiger charge is -2.19. The van der Waals surface area contributed by atoms with Crippen LogP contribution < -0.4 is 10.5 Å². The monoisotopic (exact) mass is 318 g/mol. The highest BCUT2D eigenvalue weighted by Gasteiger charge is 2.31. The minimum atomic E-state index is -3.84. The molecule has 0 spiro atoms. The molecule has 2 rings (SSSR count). The van der Waals surface area contributed by atoms with Crippen LogP contribution in [0.3, 0.4) is 0 Å². The van der Waals surface area contributed by atoms with Gasteiger partial charge in [-0.2, -0.15) is 11.8 Å². The SMILES string of the molecule is CSC1CCCC1NS(=O)(=O)c1cc(CN)ccc1F. The van der Waals surface area contributed by atoms with Gasteiger partial charge in [0.05, 0.1) is 0 Å². The van der Waals surface area contributed by atoms with Crippen LogP contribution in [0.15, 0.2) is 23.1 Å². The van der Waals surface area contributed by atoms with Gasteiger partial charge in [-0.05, 0) is 36.8 Å². The summed E-state index contributed by atoms with van der Waals surface area (Å²) in [6.07, 6.45) is 4.74. The van der Waals surface area contributed by atoms with Crippen molar-refractivity contribution in [2.45, 2.75) is 42.0 Å². The molecular weight excluding hydrogens is 299 g/mol. The number of thioether (sulfide) groups is 1. The molecule has 3 N–H and O–H groups in total. The molecule has 0 aromatic heterocycles. The number of sulfonamides is 1. The van der Waals surface area contributed by atoms with Gasteiger partial charge >= 0.3 is 0 Å². The zero-order chi connectivity index (χ0) is 14.8. The van der Waals surface area contributed by atoms with Crippen molar-refractivity contribution in [3.05, 3.63) is 29.6 Å². The molecule has 112 valence electrons. The molecule has 1 aromatic carbocycles. The number of nitrogens with one attached hydrogen (secondary N) is 1. The molecule has 1 aliphatic rings. The zero-order valence-electron chi connectivity index (χ0n) is 11.3. The van der Waals surface area contributed by atoms with E-state index in [1.54, 1.807) is 11.8 Å². The van der Waals surface area contributed by atoms with Crippen molar-refractivity contribution in [2.24, 2.45) is 5.73 Å². The third-order valence-corrected chi connectivity index (χ3v) is 6.26. The lowest BCUT2D eigenvalue weighted by Crippen LogP contribution is -2.38. The molecule has 2 atom stereocenters. The molecule has 4 nitrogen and oxygen atoms in total. The number of hydrogen-bond acceptors (Lipinski definition) is 4. The molecule has 0 heterocycles. The van der Waals surface area contributed by atoms with Crippen molar-refractivity contribution in [1.82, 2.24) is 4.72 Å². The standard InChI is InChI=1S/C13H19FN2O2S2/c1-19-12-4-2-3-11(12)16-20(17,18)13-7-9(8-15)5-6-10(13)14/h5-7,11-12,16H,2-4,8,15H2,1H3. The molecule has 7 heteroatoms. The van der Waals surface area contributed by atoms with E-state index in [1.165, 1.54) is 12.1 Å². The fraction of sp³-hybridized carbons (Fsp3) is 0.538. The summed E-state index contributed by atoms with van der Waals surface area (Å²) in [6, 6.07) is 3.82. The second-order valence-electron chi connectivity index (χ2n) is 4.90. The van der Waals surface area contributed by atoms with Gasteiger partial charge in [-0.1, -0.05) is 12.5 Å². The maximum atomic E-state index is 13.8. The molecule has 0 aliphatic heterocycles. The highest BCUT2D eigenvalue weighted by Crippen LogP contribution is 2.29. The van der Waals surface area contributed by atoms with Crippen LogP contribution in [0.4, 0.5) is 4.39 Å². The highest BCUT2D eigenvalue weighted by atomic mass is 32.2. The third kappa shape index (κ3) is 3.33. The van der Waals surface area contributed by atoms with Crippen molar-refractivity contribution in [3.8, 4) is 0 Å². The Kier molecular flexibility index (Phi) is 5.06. The number of nitrogens with two attached hydrogens (primary N) is 1. The lowest BCUT2D eigenvalue weighted by molar-refractivity contribution is 0.538. The topological polar surface area (TPSA) is 72.2 Å². The van der Waals surface area contributed by atoms with Gasteiger partial charge in [-0.25, -0.2) is 17.5 Å². The van der Waals surface area contributed by atoms with E-state index < -0.39 is 15.8 Å². The van der Waals surface area contributed by atoms with E-state index in [1.807, 2.05) is 6.26 Å². The first-order valence-electron chi connectivity index (χ1n) is 6.51. The van der Waals surface area contributed by atoms with E-state index in [4.69, 9.17) is 5.73 Å². The van der Waals surface area contributed by atoms with Crippen LogP contribution in [-0.2, 0) is 16.6 Å². The van der Waals surface area contributed by atoms with Crippen molar-refractivity contribution in [3.63, 3.8) is 0 Å². The van der Waals surface area contributed by atoms with Crippen LogP contribution in [0.5, 0.6) is 0 Å². The third-order valence-electron chi connectivity index (χ3n) is 3.58. The van der Waals surface area contributed by atoms with Crippen LogP contribution >= 0.6 is 11.8 Å². The molecule has 0 saturated heterocycles. The van der Waals surface area contributed by atoms with Crippen molar-refractivity contribution in [2.75, 3.05) is 6.26 Å². The number of hydrogen-bond donors (Lipinski definition) is 2. The van der Waals surface area contributed by atoms with Gasteiger partial charge in [-0.15, -0.1) is 0 Å². The summed E-state index contributed by atoms with van der Waals surface area (Å²) in [6.45, 7) is 0.180. The average Bonchev–Trinajstić information content (AvgIpc) is 2.85. The first-order chi connectivity index (χ1) is 9.47. The Morgan fingerprint density at radius 3 is 2.85 bits per heavy atom. The average molecular weight is 318 g/mol. The van der Waals surface area contributed by atoms with E-state index in [0.29, 0.717) is 5.56 Å². The summed E-state index contributed by atoms with van der Waals surface area (Å²) in [5.41, 5.74) is 6.08. The second-order valence-corrected chi connectivity index (χ2v) is 7.66. The van der Waals surface area contributed by atoms with Crippen LogP contribution in [0.2, 0.25) is 0 Å². The Labute approximate surface area is 123 Å². The Bertz CT molecular complexity index is 578. The molecule has 1 aliphatic carbocycles. The van der Waals surface area contributed by atoms with Crippen LogP contribution in [0.1, 0.15) is 24.8 Å². The smallest absolute Gasteiger partial charge is 0.243 e. The molecule has 1 fully saturated rings. The molecule has 1 saturated carbocycles. The van der Waals surface area contributed by atoms with Crippen molar-refractivity contribution in [1.29, 1.82) is 0 Å². The summed E-state index contributed by atoms with van der Waals surface area (Å²) in [7, 11) is -3.84. The fourth-order valence-electron chi connectivity index (χ4n) is 2.49. The van der Waals surface area contributed by atoms with E-state index in [-0.39, 0.29) is 22.7 Å². The van der Waals surface area contributed by atoms with Gasteiger partial charge in [0.15, 0.2) is 0 Å². The quantitative estimate of drug-likeness (QED) is 0.869. The Morgan fingerprint density at radius 1 is 1.45 bits per heavy atom. The summed E-state index contributed by atoms with van der Waals surface area (Å²) < 4.78 is 41.1. The van der Waals surface area contributed by atoms with Crippen LogP contribution in [0.25, 0.3) is 0 Å². The highest BCUT2D eigenvalue weighted by molar-refractivity contribution is 7.99. The van der Waals surface area contributed by atoms with Gasteiger partial charge in [-0.3, -0.25) is 0 Å². The predicted octanol–water partition coefficient (Wildman–Crippen LogP) is 1.85. The zero-order valence-corrected chi connectivity index (χ0v) is 12.9. The first kappa shape index (κ1) is 15.8. The molecule has 2 unspecified atom stereocenters.